The molecule has 7 heteroatoms. The SMILES string of the molecule is CCCc1nc2ccc(C(N)=O)cc2nc1-n1ccnn1. The summed E-state index contributed by atoms with van der Waals surface area (Å²) in [6.45, 7) is 2.08. The number of aryl methyl sites for hydroxylation is 1. The van der Waals surface area contributed by atoms with E-state index in [9.17, 15) is 4.79 Å². The summed E-state index contributed by atoms with van der Waals surface area (Å²) < 4.78 is 1.58. The van der Waals surface area contributed by atoms with Crippen LogP contribution in [0.3, 0.4) is 0 Å². The van der Waals surface area contributed by atoms with Crippen LogP contribution in [0.25, 0.3) is 16.9 Å². The predicted molar refractivity (Wildman–Crippen MR) is 77.0 cm³/mol. The van der Waals surface area contributed by atoms with Gasteiger partial charge < -0.3 is 5.73 Å². The van der Waals surface area contributed by atoms with Gasteiger partial charge in [0.2, 0.25) is 5.91 Å². The zero-order valence-corrected chi connectivity index (χ0v) is 11.5. The van der Waals surface area contributed by atoms with Crippen LogP contribution in [0.2, 0.25) is 0 Å². The molecule has 0 bridgehead atoms. The monoisotopic (exact) mass is 282 g/mol. The molecule has 0 saturated heterocycles. The van der Waals surface area contributed by atoms with Gasteiger partial charge in [0, 0.05) is 5.56 Å². The normalized spacial score (nSPS) is 10.9. The summed E-state index contributed by atoms with van der Waals surface area (Å²) in [5.74, 6) is 0.141. The van der Waals surface area contributed by atoms with Crippen LogP contribution in [0.5, 0.6) is 0 Å². The van der Waals surface area contributed by atoms with Gasteiger partial charge in [-0.1, -0.05) is 18.6 Å². The van der Waals surface area contributed by atoms with E-state index in [4.69, 9.17) is 5.73 Å². The van der Waals surface area contributed by atoms with E-state index in [1.54, 1.807) is 35.3 Å². The highest BCUT2D eigenvalue weighted by Gasteiger charge is 2.12. The molecule has 7 nitrogen and oxygen atoms in total. The van der Waals surface area contributed by atoms with Gasteiger partial charge in [0.25, 0.3) is 0 Å². The molecule has 0 unspecified atom stereocenters. The zero-order valence-electron chi connectivity index (χ0n) is 11.5. The standard InChI is InChI=1S/C14H14N6O/c1-2-3-11-14(20-7-6-16-19-20)18-12-8-9(13(15)21)4-5-10(12)17-11/h4-8H,2-3H2,1H3,(H2,15,21). The number of carbonyl (C=O) groups excluding carboxylic acids is 1. The summed E-state index contributed by atoms with van der Waals surface area (Å²) in [4.78, 5) is 20.5. The van der Waals surface area contributed by atoms with E-state index in [0.29, 0.717) is 16.9 Å². The number of hydrogen-bond acceptors (Lipinski definition) is 5. The van der Waals surface area contributed by atoms with Gasteiger partial charge >= 0.3 is 0 Å². The summed E-state index contributed by atoms with van der Waals surface area (Å²) in [6.07, 6.45) is 5.03. The second-order valence-corrected chi connectivity index (χ2v) is 4.66. The molecule has 0 spiro atoms. The Morgan fingerprint density at radius 3 is 2.81 bits per heavy atom. The first-order valence-electron chi connectivity index (χ1n) is 6.66. The largest absolute Gasteiger partial charge is 0.366 e. The van der Waals surface area contributed by atoms with Gasteiger partial charge in [-0.2, -0.15) is 0 Å². The molecule has 1 aromatic carbocycles. The van der Waals surface area contributed by atoms with Gasteiger partial charge in [0.1, 0.15) is 0 Å². The minimum absolute atomic E-state index is 0.407. The fourth-order valence-electron chi connectivity index (χ4n) is 2.14. The van der Waals surface area contributed by atoms with Gasteiger partial charge in [0.05, 0.1) is 29.1 Å². The molecular formula is C14H14N6O. The molecule has 0 radical (unpaired) electrons. The first kappa shape index (κ1) is 13.2. The number of carbonyl (C=O) groups is 1. The van der Waals surface area contributed by atoms with Crippen LogP contribution in [-0.2, 0) is 6.42 Å². The highest BCUT2D eigenvalue weighted by atomic mass is 16.1. The van der Waals surface area contributed by atoms with E-state index in [-0.39, 0.29) is 0 Å². The number of primary amides is 1. The quantitative estimate of drug-likeness (QED) is 0.776. The lowest BCUT2D eigenvalue weighted by Gasteiger charge is -2.09. The second-order valence-electron chi connectivity index (χ2n) is 4.66. The van der Waals surface area contributed by atoms with Crippen molar-refractivity contribution < 1.29 is 4.79 Å². The maximum absolute atomic E-state index is 11.3. The van der Waals surface area contributed by atoms with Gasteiger partial charge in [-0.15, -0.1) is 5.10 Å². The molecule has 0 aliphatic carbocycles. The van der Waals surface area contributed by atoms with Crippen LogP contribution >= 0.6 is 0 Å². The first-order valence-corrected chi connectivity index (χ1v) is 6.66. The fourth-order valence-corrected chi connectivity index (χ4v) is 2.14. The lowest BCUT2D eigenvalue weighted by molar-refractivity contribution is 0.100. The Bertz CT molecular complexity index is 797. The molecular weight excluding hydrogens is 268 g/mol. The topological polar surface area (TPSA) is 99.6 Å². The maximum atomic E-state index is 11.3. The Balaban J connectivity index is 2.23. The molecule has 2 aromatic heterocycles. The van der Waals surface area contributed by atoms with E-state index in [1.807, 2.05) is 0 Å². The third kappa shape index (κ3) is 2.45. The third-order valence-corrected chi connectivity index (χ3v) is 3.13. The summed E-state index contributed by atoms with van der Waals surface area (Å²) >= 11 is 0. The van der Waals surface area contributed by atoms with Gasteiger partial charge in [-0.3, -0.25) is 4.79 Å². The zero-order chi connectivity index (χ0) is 14.8. The van der Waals surface area contributed by atoms with Crippen molar-refractivity contribution in [1.82, 2.24) is 25.0 Å². The Kier molecular flexibility index (Phi) is 3.31. The van der Waals surface area contributed by atoms with Crippen LogP contribution < -0.4 is 5.73 Å². The molecule has 0 fully saturated rings. The molecule has 106 valence electrons. The van der Waals surface area contributed by atoms with Crippen LogP contribution in [0.15, 0.2) is 30.6 Å². The molecule has 21 heavy (non-hydrogen) atoms. The van der Waals surface area contributed by atoms with Crippen molar-refractivity contribution in [1.29, 1.82) is 0 Å². The predicted octanol–water partition coefficient (Wildman–Crippen LogP) is 1.26. The Morgan fingerprint density at radius 2 is 2.14 bits per heavy atom. The van der Waals surface area contributed by atoms with Crippen molar-refractivity contribution in [2.45, 2.75) is 19.8 Å². The number of nitrogens with zero attached hydrogens (tertiary/aromatic N) is 5. The maximum Gasteiger partial charge on any atom is 0.248 e. The number of aromatic nitrogens is 5. The van der Waals surface area contributed by atoms with E-state index < -0.39 is 5.91 Å². The van der Waals surface area contributed by atoms with Crippen LogP contribution in [0.4, 0.5) is 0 Å². The molecule has 0 atom stereocenters. The lowest BCUT2D eigenvalue weighted by Crippen LogP contribution is -2.11. The highest BCUT2D eigenvalue weighted by Crippen LogP contribution is 2.18. The average Bonchev–Trinajstić information content (AvgIpc) is 3.00. The number of benzene rings is 1. The van der Waals surface area contributed by atoms with Crippen LogP contribution in [0, 0.1) is 0 Å². The summed E-state index contributed by atoms with van der Waals surface area (Å²) in [5, 5.41) is 7.76. The number of amides is 1. The van der Waals surface area contributed by atoms with Crippen molar-refractivity contribution in [2.24, 2.45) is 5.73 Å². The minimum Gasteiger partial charge on any atom is -0.366 e. The summed E-state index contributed by atoms with van der Waals surface area (Å²) in [6, 6.07) is 5.05. The molecule has 3 rings (SSSR count). The lowest BCUT2D eigenvalue weighted by atomic mass is 10.1. The summed E-state index contributed by atoms with van der Waals surface area (Å²) in [5.41, 5.74) is 7.89. The van der Waals surface area contributed by atoms with Gasteiger partial charge in [0.15, 0.2) is 5.82 Å². The van der Waals surface area contributed by atoms with Crippen molar-refractivity contribution in [2.75, 3.05) is 0 Å². The average molecular weight is 282 g/mol. The molecule has 2 N–H and O–H groups in total. The number of rotatable bonds is 4. The molecule has 0 saturated carbocycles. The van der Waals surface area contributed by atoms with Gasteiger partial charge in [-0.05, 0) is 24.6 Å². The Labute approximate surface area is 120 Å². The fraction of sp³-hybridized carbons (Fsp3) is 0.214. The van der Waals surface area contributed by atoms with E-state index in [0.717, 1.165) is 24.1 Å². The van der Waals surface area contributed by atoms with Crippen molar-refractivity contribution in [3.63, 3.8) is 0 Å². The van der Waals surface area contributed by atoms with Crippen molar-refractivity contribution in [3.05, 3.63) is 41.9 Å². The number of fused-ring (bicyclic) bond motifs is 1. The summed E-state index contributed by atoms with van der Waals surface area (Å²) in [7, 11) is 0. The van der Waals surface area contributed by atoms with E-state index in [1.165, 1.54) is 0 Å². The molecule has 3 aromatic rings. The van der Waals surface area contributed by atoms with E-state index in [2.05, 4.69) is 27.2 Å². The van der Waals surface area contributed by atoms with Crippen molar-refractivity contribution in [3.8, 4) is 5.82 Å². The Hall–Kier alpha value is -2.83. The molecule has 0 aliphatic heterocycles. The van der Waals surface area contributed by atoms with Gasteiger partial charge in [-0.25, -0.2) is 14.6 Å². The smallest absolute Gasteiger partial charge is 0.248 e. The van der Waals surface area contributed by atoms with Crippen molar-refractivity contribution >= 4 is 16.9 Å². The molecule has 2 heterocycles. The molecule has 0 aliphatic rings. The van der Waals surface area contributed by atoms with E-state index >= 15 is 0 Å². The molecule has 1 amide bonds. The third-order valence-electron chi connectivity index (χ3n) is 3.13. The van der Waals surface area contributed by atoms with Crippen LogP contribution in [0.1, 0.15) is 29.4 Å². The highest BCUT2D eigenvalue weighted by molar-refractivity contribution is 5.96. The van der Waals surface area contributed by atoms with Crippen LogP contribution in [-0.4, -0.2) is 30.9 Å². The Morgan fingerprint density at radius 1 is 1.29 bits per heavy atom. The number of hydrogen-bond donors (Lipinski definition) is 1. The first-order chi connectivity index (χ1) is 10.2. The number of nitrogens with two attached hydrogens (primary N) is 1. The second kappa shape index (κ2) is 5.28. The minimum atomic E-state index is -0.487.